The number of amidine groups is 1. The Morgan fingerprint density at radius 1 is 1.23 bits per heavy atom. The van der Waals surface area contributed by atoms with E-state index in [0.29, 0.717) is 36.0 Å². The molecule has 31 heavy (non-hydrogen) atoms. The molecule has 0 radical (unpaired) electrons. The van der Waals surface area contributed by atoms with Gasteiger partial charge in [-0.25, -0.2) is 4.79 Å². The van der Waals surface area contributed by atoms with Crippen LogP contribution < -0.4 is 26.8 Å². The van der Waals surface area contributed by atoms with E-state index in [9.17, 15) is 9.59 Å². The lowest BCUT2D eigenvalue weighted by molar-refractivity contribution is 0.501. The van der Waals surface area contributed by atoms with Crippen LogP contribution in [-0.4, -0.2) is 51.1 Å². The van der Waals surface area contributed by atoms with Crippen molar-refractivity contribution >= 4 is 28.6 Å². The molecule has 0 aliphatic carbocycles. The number of aliphatic imine (C=N–C) groups is 1. The van der Waals surface area contributed by atoms with Crippen LogP contribution in [0.3, 0.4) is 0 Å². The van der Waals surface area contributed by atoms with Crippen molar-refractivity contribution < 1.29 is 0 Å². The molecule has 10 heteroatoms. The normalized spacial score (nSPS) is 18.9. The minimum absolute atomic E-state index is 0.0742. The maximum absolute atomic E-state index is 13.2. The van der Waals surface area contributed by atoms with Crippen molar-refractivity contribution in [1.29, 1.82) is 0 Å². The van der Waals surface area contributed by atoms with E-state index in [1.807, 2.05) is 41.1 Å². The van der Waals surface area contributed by atoms with Crippen molar-refractivity contribution in [3.05, 3.63) is 50.7 Å². The summed E-state index contributed by atoms with van der Waals surface area (Å²) in [5.41, 5.74) is 8.09. The minimum atomic E-state index is -0.416. The highest BCUT2D eigenvalue weighted by molar-refractivity contribution is 5.99. The summed E-state index contributed by atoms with van der Waals surface area (Å²) in [5, 5.41) is 0. The number of para-hydroxylation sites is 1. The van der Waals surface area contributed by atoms with E-state index in [0.717, 1.165) is 30.6 Å². The number of benzene rings is 1. The zero-order valence-corrected chi connectivity index (χ0v) is 17.7. The predicted octanol–water partition coefficient (Wildman–Crippen LogP) is 0.399. The van der Waals surface area contributed by atoms with Gasteiger partial charge in [0.05, 0.1) is 13.1 Å². The van der Waals surface area contributed by atoms with Gasteiger partial charge >= 0.3 is 5.69 Å². The van der Waals surface area contributed by atoms with Crippen molar-refractivity contribution in [3.63, 3.8) is 0 Å². The molecule has 0 spiro atoms. The smallest absolute Gasteiger partial charge is 0.332 e. The third kappa shape index (κ3) is 3.23. The molecule has 1 saturated heterocycles. The largest absolute Gasteiger partial charge is 0.341 e. The Bertz CT molecular complexity index is 1300. The Balaban J connectivity index is 1.53. The molecular formula is C21H26N8O2. The first-order valence-corrected chi connectivity index (χ1v) is 10.5. The Labute approximate surface area is 178 Å². The molecule has 0 amide bonds. The summed E-state index contributed by atoms with van der Waals surface area (Å²) in [4.78, 5) is 42.6. The van der Waals surface area contributed by atoms with Crippen LogP contribution >= 0.6 is 0 Å². The van der Waals surface area contributed by atoms with E-state index in [-0.39, 0.29) is 12.6 Å². The van der Waals surface area contributed by atoms with Crippen LogP contribution in [0, 0.1) is 0 Å². The number of imidazole rings is 1. The number of likely N-dealkylation sites (N-methyl/N-ethyl adjacent to an activating group) is 1. The van der Waals surface area contributed by atoms with Gasteiger partial charge in [-0.1, -0.05) is 18.2 Å². The first-order chi connectivity index (χ1) is 14.9. The van der Waals surface area contributed by atoms with Gasteiger partial charge in [0.2, 0.25) is 5.95 Å². The predicted molar refractivity (Wildman–Crippen MR) is 121 cm³/mol. The average molecular weight is 422 g/mol. The van der Waals surface area contributed by atoms with E-state index in [1.165, 1.54) is 9.13 Å². The Morgan fingerprint density at radius 3 is 2.84 bits per heavy atom. The molecule has 1 unspecified atom stereocenters. The molecular weight excluding hydrogens is 396 g/mol. The van der Waals surface area contributed by atoms with E-state index < -0.39 is 11.2 Å². The highest BCUT2D eigenvalue weighted by Gasteiger charge is 2.24. The number of nitrogens with one attached hydrogen (secondary N) is 1. The molecule has 10 nitrogen and oxygen atoms in total. The number of rotatable bonds is 3. The van der Waals surface area contributed by atoms with Crippen LogP contribution in [0.5, 0.6) is 0 Å². The Morgan fingerprint density at radius 2 is 2.03 bits per heavy atom. The molecule has 0 bridgehead atoms. The highest BCUT2D eigenvalue weighted by Crippen LogP contribution is 2.24. The van der Waals surface area contributed by atoms with Crippen molar-refractivity contribution in [1.82, 2.24) is 19.1 Å². The van der Waals surface area contributed by atoms with Crippen molar-refractivity contribution in [2.45, 2.75) is 32.0 Å². The number of hydrogen-bond donors (Lipinski definition) is 2. The first kappa shape index (κ1) is 19.6. The topological polar surface area (TPSA) is 118 Å². The summed E-state index contributed by atoms with van der Waals surface area (Å²) in [7, 11) is 3.54. The summed E-state index contributed by atoms with van der Waals surface area (Å²) in [6.07, 6.45) is 1.94. The molecule has 5 rings (SSSR count). The minimum Gasteiger partial charge on any atom is -0.341 e. The fraction of sp³-hybridized carbons (Fsp3) is 0.429. The Kier molecular flexibility index (Phi) is 4.66. The quantitative estimate of drug-likeness (QED) is 0.631. The number of nitrogens with zero attached hydrogens (tertiary/aromatic N) is 6. The fourth-order valence-corrected chi connectivity index (χ4v) is 4.42. The molecule has 1 fully saturated rings. The number of fused-ring (bicyclic) bond motifs is 2. The van der Waals surface area contributed by atoms with Crippen LogP contribution in [0.1, 0.15) is 18.4 Å². The van der Waals surface area contributed by atoms with Gasteiger partial charge in [-0.2, -0.15) is 4.98 Å². The summed E-state index contributed by atoms with van der Waals surface area (Å²) < 4.78 is 2.63. The van der Waals surface area contributed by atoms with Crippen molar-refractivity contribution in [2.75, 3.05) is 29.9 Å². The number of piperidine rings is 1. The highest BCUT2D eigenvalue weighted by atomic mass is 16.2. The lowest BCUT2D eigenvalue weighted by Crippen LogP contribution is -2.44. The Hall–Kier alpha value is -3.40. The maximum Gasteiger partial charge on any atom is 0.332 e. The molecule has 2 aromatic heterocycles. The second-order valence-electron chi connectivity index (χ2n) is 8.26. The number of aromatic nitrogens is 4. The van der Waals surface area contributed by atoms with Crippen LogP contribution in [0.25, 0.3) is 11.2 Å². The lowest BCUT2D eigenvalue weighted by Gasteiger charge is -2.30. The van der Waals surface area contributed by atoms with Crippen LogP contribution in [0.4, 0.5) is 11.6 Å². The zero-order chi connectivity index (χ0) is 21.7. The molecule has 2 aliphatic heterocycles. The molecule has 3 N–H and O–H groups in total. The van der Waals surface area contributed by atoms with Crippen molar-refractivity contribution in [2.24, 2.45) is 17.8 Å². The number of anilines is 2. The number of H-pyrrole nitrogens is 1. The SMILES string of the molecule is CN1C(Cn2c(=O)c3[nH]c(N4CCCC(N)C4)nc3n(C)c2=O)=NCc2ccccc21. The lowest BCUT2D eigenvalue weighted by atomic mass is 10.1. The summed E-state index contributed by atoms with van der Waals surface area (Å²) in [6.45, 7) is 2.10. The number of hydrogen-bond acceptors (Lipinski definition) is 7. The van der Waals surface area contributed by atoms with E-state index in [4.69, 9.17) is 5.73 Å². The third-order valence-corrected chi connectivity index (χ3v) is 6.20. The van der Waals surface area contributed by atoms with Crippen LogP contribution in [0.15, 0.2) is 38.8 Å². The van der Waals surface area contributed by atoms with Gasteiger partial charge in [-0.05, 0) is 24.5 Å². The summed E-state index contributed by atoms with van der Waals surface area (Å²) in [5.74, 6) is 1.25. The first-order valence-electron chi connectivity index (χ1n) is 10.5. The molecule has 0 saturated carbocycles. The second-order valence-corrected chi connectivity index (χ2v) is 8.26. The summed E-state index contributed by atoms with van der Waals surface area (Å²) >= 11 is 0. The van der Waals surface area contributed by atoms with Gasteiger partial charge in [0.15, 0.2) is 11.2 Å². The van der Waals surface area contributed by atoms with E-state index in [2.05, 4.69) is 15.0 Å². The molecule has 162 valence electrons. The van der Waals surface area contributed by atoms with Gasteiger partial charge in [-0.15, -0.1) is 0 Å². The molecule has 2 aliphatic rings. The van der Waals surface area contributed by atoms with Gasteiger partial charge in [0.1, 0.15) is 5.84 Å². The standard InChI is InChI=1S/C21H26N8O2/c1-26-15-8-4-3-6-13(15)10-23-16(26)12-29-19(30)17-18(27(2)21(29)31)25-20(24-17)28-9-5-7-14(22)11-28/h3-4,6,8,14H,5,7,9-12,22H2,1-2H3,(H,24,25). The molecule has 1 aromatic carbocycles. The second kappa shape index (κ2) is 7.38. The van der Waals surface area contributed by atoms with Gasteiger partial charge in [0.25, 0.3) is 5.56 Å². The van der Waals surface area contributed by atoms with Crippen molar-refractivity contribution in [3.8, 4) is 0 Å². The molecule has 4 heterocycles. The molecule has 3 aromatic rings. The molecule has 1 atom stereocenters. The summed E-state index contributed by atoms with van der Waals surface area (Å²) in [6, 6.07) is 8.06. The average Bonchev–Trinajstić information content (AvgIpc) is 3.23. The van der Waals surface area contributed by atoms with E-state index in [1.54, 1.807) is 7.05 Å². The number of aromatic amines is 1. The van der Waals surface area contributed by atoms with Gasteiger partial charge in [0, 0.05) is 38.9 Å². The monoisotopic (exact) mass is 422 g/mol. The fourth-order valence-electron chi connectivity index (χ4n) is 4.42. The number of nitrogens with two attached hydrogens (primary N) is 1. The zero-order valence-electron chi connectivity index (χ0n) is 17.7. The van der Waals surface area contributed by atoms with Crippen LogP contribution in [0.2, 0.25) is 0 Å². The maximum atomic E-state index is 13.2. The third-order valence-electron chi connectivity index (χ3n) is 6.20. The van der Waals surface area contributed by atoms with Gasteiger partial charge < -0.3 is 20.5 Å². The van der Waals surface area contributed by atoms with Crippen LogP contribution in [-0.2, 0) is 20.1 Å². The van der Waals surface area contributed by atoms with E-state index >= 15 is 0 Å². The van der Waals surface area contributed by atoms with Gasteiger partial charge in [-0.3, -0.25) is 18.9 Å². The number of aryl methyl sites for hydroxylation is 1.